The van der Waals surface area contributed by atoms with E-state index in [0.29, 0.717) is 6.61 Å². The van der Waals surface area contributed by atoms with Crippen LogP contribution >= 0.6 is 15.9 Å². The molecule has 0 aliphatic rings. The van der Waals surface area contributed by atoms with Crippen molar-refractivity contribution in [2.45, 2.75) is 25.9 Å². The van der Waals surface area contributed by atoms with E-state index in [1.54, 1.807) is 12.1 Å². The minimum Gasteiger partial charge on any atom is -0.466 e. The quantitative estimate of drug-likeness (QED) is 0.847. The zero-order chi connectivity index (χ0) is 12.0. The number of hydrogen-bond acceptors (Lipinski definition) is 3. The fourth-order valence-electron chi connectivity index (χ4n) is 1.24. The summed E-state index contributed by atoms with van der Waals surface area (Å²) in [5.41, 5.74) is 0.719. The maximum atomic E-state index is 11.3. The van der Waals surface area contributed by atoms with Gasteiger partial charge in [0.2, 0.25) is 0 Å². The predicted octanol–water partition coefficient (Wildman–Crippen LogP) is 2.83. The van der Waals surface area contributed by atoms with Gasteiger partial charge in [0.1, 0.15) is 0 Å². The van der Waals surface area contributed by atoms with Crippen LogP contribution in [0, 0.1) is 0 Å². The highest BCUT2D eigenvalue weighted by atomic mass is 79.9. The van der Waals surface area contributed by atoms with E-state index in [4.69, 9.17) is 4.74 Å². The average Bonchev–Trinajstić information content (AvgIpc) is 2.27. The number of aliphatic hydroxyl groups is 1. The van der Waals surface area contributed by atoms with Gasteiger partial charge in [-0.05, 0) is 24.1 Å². The van der Waals surface area contributed by atoms with E-state index in [9.17, 15) is 9.90 Å². The standard InChI is InChI=1S/C12H15BrO3/c1-2-7-16-12(15)8-11(14)9-3-5-10(13)6-4-9/h3-6,11,14H,2,7-8H2,1H3. The second kappa shape index (κ2) is 6.66. The molecule has 1 N–H and O–H groups in total. The number of rotatable bonds is 5. The van der Waals surface area contributed by atoms with Gasteiger partial charge in [0, 0.05) is 4.47 Å². The Morgan fingerprint density at radius 1 is 1.44 bits per heavy atom. The molecule has 0 bridgehead atoms. The summed E-state index contributed by atoms with van der Waals surface area (Å²) in [5, 5.41) is 9.77. The summed E-state index contributed by atoms with van der Waals surface area (Å²) < 4.78 is 5.84. The normalized spacial score (nSPS) is 12.2. The highest BCUT2D eigenvalue weighted by Gasteiger charge is 2.13. The molecule has 0 radical (unpaired) electrons. The van der Waals surface area contributed by atoms with Gasteiger partial charge in [0.25, 0.3) is 0 Å². The SMILES string of the molecule is CCCOC(=O)CC(O)c1ccc(Br)cc1. The van der Waals surface area contributed by atoms with E-state index in [2.05, 4.69) is 15.9 Å². The summed E-state index contributed by atoms with van der Waals surface area (Å²) in [6, 6.07) is 7.22. The molecule has 0 amide bonds. The summed E-state index contributed by atoms with van der Waals surface area (Å²) >= 11 is 3.31. The van der Waals surface area contributed by atoms with Crippen LogP contribution in [-0.2, 0) is 9.53 Å². The van der Waals surface area contributed by atoms with Crippen molar-refractivity contribution >= 4 is 21.9 Å². The van der Waals surface area contributed by atoms with Gasteiger partial charge < -0.3 is 9.84 Å². The molecule has 0 spiro atoms. The molecule has 1 unspecified atom stereocenters. The predicted molar refractivity (Wildman–Crippen MR) is 65.0 cm³/mol. The Morgan fingerprint density at radius 3 is 2.62 bits per heavy atom. The van der Waals surface area contributed by atoms with E-state index >= 15 is 0 Å². The molecule has 0 aliphatic heterocycles. The second-order valence-corrected chi connectivity index (χ2v) is 4.41. The van der Waals surface area contributed by atoms with Crippen molar-refractivity contribution in [1.82, 2.24) is 0 Å². The Kier molecular flexibility index (Phi) is 5.49. The fourth-order valence-corrected chi connectivity index (χ4v) is 1.50. The van der Waals surface area contributed by atoms with Crippen molar-refractivity contribution in [2.24, 2.45) is 0 Å². The number of ether oxygens (including phenoxy) is 1. The third-order valence-electron chi connectivity index (χ3n) is 2.08. The molecule has 0 aromatic heterocycles. The van der Waals surface area contributed by atoms with Gasteiger partial charge >= 0.3 is 5.97 Å². The maximum absolute atomic E-state index is 11.3. The fraction of sp³-hybridized carbons (Fsp3) is 0.417. The Balaban J connectivity index is 2.48. The van der Waals surface area contributed by atoms with Crippen LogP contribution in [0.3, 0.4) is 0 Å². The Morgan fingerprint density at radius 2 is 2.06 bits per heavy atom. The van der Waals surface area contributed by atoms with E-state index in [1.165, 1.54) is 0 Å². The van der Waals surface area contributed by atoms with Gasteiger partial charge in [-0.1, -0.05) is 35.0 Å². The van der Waals surface area contributed by atoms with Crippen LogP contribution in [-0.4, -0.2) is 17.7 Å². The maximum Gasteiger partial charge on any atom is 0.308 e. The summed E-state index contributed by atoms with van der Waals surface area (Å²) in [6.07, 6.45) is -0.000618. The third-order valence-corrected chi connectivity index (χ3v) is 2.61. The largest absolute Gasteiger partial charge is 0.466 e. The lowest BCUT2D eigenvalue weighted by Crippen LogP contribution is -2.10. The number of carbonyl (C=O) groups is 1. The first-order chi connectivity index (χ1) is 7.63. The smallest absolute Gasteiger partial charge is 0.308 e. The second-order valence-electron chi connectivity index (χ2n) is 3.49. The van der Waals surface area contributed by atoms with Gasteiger partial charge in [-0.15, -0.1) is 0 Å². The van der Waals surface area contributed by atoms with Gasteiger partial charge in [0.05, 0.1) is 19.1 Å². The van der Waals surface area contributed by atoms with Crippen molar-refractivity contribution in [3.8, 4) is 0 Å². The monoisotopic (exact) mass is 286 g/mol. The molecule has 0 saturated carbocycles. The average molecular weight is 287 g/mol. The molecule has 88 valence electrons. The van der Waals surface area contributed by atoms with Crippen LogP contribution in [0.2, 0.25) is 0 Å². The molecule has 3 nitrogen and oxygen atoms in total. The van der Waals surface area contributed by atoms with Crippen molar-refractivity contribution in [1.29, 1.82) is 0 Å². The molecule has 1 atom stereocenters. The van der Waals surface area contributed by atoms with E-state index in [0.717, 1.165) is 16.5 Å². The molecule has 1 aromatic rings. The minimum absolute atomic E-state index is 0.00162. The number of halogens is 1. The molecule has 4 heteroatoms. The van der Waals surface area contributed by atoms with Crippen LogP contribution in [0.25, 0.3) is 0 Å². The van der Waals surface area contributed by atoms with Crippen LogP contribution < -0.4 is 0 Å². The van der Waals surface area contributed by atoms with Gasteiger partial charge in [0.15, 0.2) is 0 Å². The lowest BCUT2D eigenvalue weighted by atomic mass is 10.1. The lowest BCUT2D eigenvalue weighted by molar-refractivity contribution is -0.146. The van der Waals surface area contributed by atoms with Crippen LogP contribution in [0.5, 0.6) is 0 Å². The van der Waals surface area contributed by atoms with Crippen LogP contribution in [0.15, 0.2) is 28.7 Å². The molecule has 0 heterocycles. The zero-order valence-corrected chi connectivity index (χ0v) is 10.7. The Hall–Kier alpha value is -0.870. The summed E-state index contributed by atoms with van der Waals surface area (Å²) in [7, 11) is 0. The highest BCUT2D eigenvalue weighted by Crippen LogP contribution is 2.19. The van der Waals surface area contributed by atoms with Gasteiger partial charge in [-0.25, -0.2) is 0 Å². The van der Waals surface area contributed by atoms with Gasteiger partial charge in [-0.2, -0.15) is 0 Å². The Labute approximate surface area is 104 Å². The van der Waals surface area contributed by atoms with E-state index in [-0.39, 0.29) is 12.4 Å². The molecule has 1 rings (SSSR count). The molecule has 0 saturated heterocycles. The number of esters is 1. The minimum atomic E-state index is -0.794. The first-order valence-electron chi connectivity index (χ1n) is 5.22. The molecule has 0 fully saturated rings. The van der Waals surface area contributed by atoms with E-state index in [1.807, 2.05) is 19.1 Å². The topological polar surface area (TPSA) is 46.5 Å². The highest BCUT2D eigenvalue weighted by molar-refractivity contribution is 9.10. The van der Waals surface area contributed by atoms with Crippen molar-refractivity contribution in [3.63, 3.8) is 0 Å². The summed E-state index contributed by atoms with van der Waals surface area (Å²) in [6.45, 7) is 2.34. The number of carbonyl (C=O) groups excluding carboxylic acids is 1. The third kappa shape index (κ3) is 4.33. The number of hydrogen-bond donors (Lipinski definition) is 1. The van der Waals surface area contributed by atoms with Gasteiger partial charge in [-0.3, -0.25) is 4.79 Å². The number of benzene rings is 1. The molecule has 16 heavy (non-hydrogen) atoms. The van der Waals surface area contributed by atoms with Crippen molar-refractivity contribution < 1.29 is 14.6 Å². The summed E-state index contributed by atoms with van der Waals surface area (Å²) in [4.78, 5) is 11.3. The summed E-state index contributed by atoms with van der Waals surface area (Å²) in [5.74, 6) is -0.364. The molecule has 0 aliphatic carbocycles. The van der Waals surface area contributed by atoms with Crippen molar-refractivity contribution in [3.05, 3.63) is 34.3 Å². The number of aliphatic hydroxyl groups excluding tert-OH is 1. The molecular formula is C12H15BrO3. The van der Waals surface area contributed by atoms with Crippen LogP contribution in [0.4, 0.5) is 0 Å². The Bertz CT molecular complexity index is 335. The first kappa shape index (κ1) is 13.2. The van der Waals surface area contributed by atoms with Crippen LogP contribution in [0.1, 0.15) is 31.4 Å². The lowest BCUT2D eigenvalue weighted by Gasteiger charge is -2.10. The first-order valence-corrected chi connectivity index (χ1v) is 6.02. The molecular weight excluding hydrogens is 272 g/mol. The molecule has 1 aromatic carbocycles. The van der Waals surface area contributed by atoms with Crippen molar-refractivity contribution in [2.75, 3.05) is 6.61 Å². The zero-order valence-electron chi connectivity index (χ0n) is 9.15. The van der Waals surface area contributed by atoms with E-state index < -0.39 is 6.10 Å².